The molecule has 3 rings (SSSR count). The van der Waals surface area contributed by atoms with Gasteiger partial charge in [-0.2, -0.15) is 0 Å². The first-order chi connectivity index (χ1) is 9.15. The van der Waals surface area contributed by atoms with Crippen LogP contribution in [0.5, 0.6) is 0 Å². The Morgan fingerprint density at radius 2 is 1.95 bits per heavy atom. The fourth-order valence-electron chi connectivity index (χ4n) is 1.87. The van der Waals surface area contributed by atoms with Crippen LogP contribution in [0.15, 0.2) is 51.7 Å². The SMILES string of the molecule is O=c1[nH]c(-c2ccc(Br)c(F)c2)nc2ccccc12. The zero-order valence-electron chi connectivity index (χ0n) is 9.65. The van der Waals surface area contributed by atoms with Crippen LogP contribution in [0.1, 0.15) is 0 Å². The molecule has 0 bridgehead atoms. The molecule has 0 atom stereocenters. The lowest BCUT2D eigenvalue weighted by molar-refractivity contribution is 0.621. The molecule has 3 nitrogen and oxygen atoms in total. The maximum absolute atomic E-state index is 13.5. The third-order valence-electron chi connectivity index (χ3n) is 2.81. The number of aromatic amines is 1. The number of hydrogen-bond acceptors (Lipinski definition) is 2. The first-order valence-corrected chi connectivity index (χ1v) is 6.39. The molecule has 0 fully saturated rings. The Bertz CT molecular complexity index is 829. The summed E-state index contributed by atoms with van der Waals surface area (Å²) in [7, 11) is 0. The largest absolute Gasteiger partial charge is 0.306 e. The number of nitrogens with one attached hydrogen (secondary N) is 1. The summed E-state index contributed by atoms with van der Waals surface area (Å²) >= 11 is 3.09. The van der Waals surface area contributed by atoms with Crippen molar-refractivity contribution in [3.8, 4) is 11.4 Å². The van der Waals surface area contributed by atoms with Crippen molar-refractivity contribution in [1.82, 2.24) is 9.97 Å². The second-order valence-corrected chi connectivity index (χ2v) is 4.91. The van der Waals surface area contributed by atoms with E-state index in [1.54, 1.807) is 36.4 Å². The van der Waals surface area contributed by atoms with Crippen molar-refractivity contribution >= 4 is 26.8 Å². The maximum atomic E-state index is 13.5. The summed E-state index contributed by atoms with van der Waals surface area (Å²) < 4.78 is 13.9. The average Bonchev–Trinajstić information content (AvgIpc) is 2.42. The minimum atomic E-state index is -0.395. The number of rotatable bonds is 1. The Balaban J connectivity index is 2.25. The molecular formula is C14H8BrFN2O. The molecule has 19 heavy (non-hydrogen) atoms. The lowest BCUT2D eigenvalue weighted by Gasteiger charge is -2.04. The maximum Gasteiger partial charge on any atom is 0.259 e. The van der Waals surface area contributed by atoms with Crippen molar-refractivity contribution in [3.63, 3.8) is 0 Å². The van der Waals surface area contributed by atoms with Gasteiger partial charge >= 0.3 is 0 Å². The lowest BCUT2D eigenvalue weighted by Crippen LogP contribution is -2.09. The summed E-state index contributed by atoms with van der Waals surface area (Å²) in [6, 6.07) is 11.6. The summed E-state index contributed by atoms with van der Waals surface area (Å²) in [4.78, 5) is 18.9. The van der Waals surface area contributed by atoms with Crippen LogP contribution in [0, 0.1) is 5.82 Å². The molecule has 0 aliphatic rings. The van der Waals surface area contributed by atoms with Gasteiger partial charge in [0.25, 0.3) is 5.56 Å². The lowest BCUT2D eigenvalue weighted by atomic mass is 10.2. The van der Waals surface area contributed by atoms with Gasteiger partial charge < -0.3 is 4.98 Å². The molecule has 0 amide bonds. The normalized spacial score (nSPS) is 10.8. The van der Waals surface area contributed by atoms with Crippen LogP contribution in [0.2, 0.25) is 0 Å². The second kappa shape index (κ2) is 4.59. The summed E-state index contributed by atoms with van der Waals surface area (Å²) in [5, 5.41) is 0.517. The van der Waals surface area contributed by atoms with Gasteiger partial charge in [0.15, 0.2) is 0 Å². The van der Waals surface area contributed by atoms with Crippen LogP contribution in [0.4, 0.5) is 4.39 Å². The van der Waals surface area contributed by atoms with Gasteiger partial charge in [-0.1, -0.05) is 12.1 Å². The fraction of sp³-hybridized carbons (Fsp3) is 0. The van der Waals surface area contributed by atoms with Crippen LogP contribution in [-0.4, -0.2) is 9.97 Å². The highest BCUT2D eigenvalue weighted by Crippen LogP contribution is 2.22. The third kappa shape index (κ3) is 2.17. The standard InChI is InChI=1S/C14H8BrFN2O/c15-10-6-5-8(7-11(10)16)13-17-12-4-2-1-3-9(12)14(19)18-13/h1-7H,(H,17,18,19). The molecule has 0 aliphatic carbocycles. The van der Waals surface area contributed by atoms with E-state index in [2.05, 4.69) is 25.9 Å². The minimum Gasteiger partial charge on any atom is -0.306 e. The predicted molar refractivity (Wildman–Crippen MR) is 75.5 cm³/mol. The number of nitrogens with zero attached hydrogens (tertiary/aromatic N) is 1. The average molecular weight is 319 g/mol. The fourth-order valence-corrected chi connectivity index (χ4v) is 2.11. The number of hydrogen-bond donors (Lipinski definition) is 1. The van der Waals surface area contributed by atoms with Crippen LogP contribution in [0.25, 0.3) is 22.3 Å². The Hall–Kier alpha value is -2.01. The van der Waals surface area contributed by atoms with Gasteiger partial charge in [-0.05, 0) is 46.3 Å². The van der Waals surface area contributed by atoms with E-state index in [1.807, 2.05) is 0 Å². The van der Waals surface area contributed by atoms with Gasteiger partial charge in [0, 0.05) is 5.56 Å². The number of fused-ring (bicyclic) bond motifs is 1. The molecule has 0 radical (unpaired) electrons. The monoisotopic (exact) mass is 318 g/mol. The summed E-state index contributed by atoms with van der Waals surface area (Å²) in [6.07, 6.45) is 0. The molecule has 0 spiro atoms. The van der Waals surface area contributed by atoms with Crippen molar-refractivity contribution in [2.24, 2.45) is 0 Å². The van der Waals surface area contributed by atoms with E-state index >= 15 is 0 Å². The second-order valence-electron chi connectivity index (χ2n) is 4.06. The molecule has 1 heterocycles. The molecule has 3 aromatic rings. The Kier molecular flexibility index (Phi) is 2.91. The Morgan fingerprint density at radius 1 is 1.16 bits per heavy atom. The van der Waals surface area contributed by atoms with E-state index < -0.39 is 5.82 Å². The molecule has 5 heteroatoms. The molecule has 0 unspecified atom stereocenters. The zero-order chi connectivity index (χ0) is 13.4. The summed E-state index contributed by atoms with van der Waals surface area (Å²) in [5.41, 5.74) is 0.886. The van der Waals surface area contributed by atoms with Crippen molar-refractivity contribution in [2.75, 3.05) is 0 Å². The van der Waals surface area contributed by atoms with E-state index in [4.69, 9.17) is 0 Å². The molecule has 0 saturated heterocycles. The van der Waals surface area contributed by atoms with Crippen LogP contribution < -0.4 is 5.56 Å². The minimum absolute atomic E-state index is 0.232. The Labute approximate surface area is 116 Å². The van der Waals surface area contributed by atoms with Gasteiger partial charge in [-0.25, -0.2) is 9.37 Å². The number of para-hydroxylation sites is 1. The van der Waals surface area contributed by atoms with Crippen LogP contribution in [0.3, 0.4) is 0 Å². The third-order valence-corrected chi connectivity index (χ3v) is 3.45. The van der Waals surface area contributed by atoms with Crippen LogP contribution >= 0.6 is 15.9 Å². The predicted octanol–water partition coefficient (Wildman–Crippen LogP) is 3.49. The topological polar surface area (TPSA) is 45.8 Å². The smallest absolute Gasteiger partial charge is 0.259 e. The van der Waals surface area contributed by atoms with Crippen molar-refractivity contribution in [3.05, 3.63) is 63.1 Å². The highest BCUT2D eigenvalue weighted by atomic mass is 79.9. The van der Waals surface area contributed by atoms with E-state index in [0.29, 0.717) is 26.8 Å². The van der Waals surface area contributed by atoms with Gasteiger partial charge in [0.2, 0.25) is 0 Å². The molecule has 1 N–H and O–H groups in total. The first-order valence-electron chi connectivity index (χ1n) is 5.59. The molecule has 0 saturated carbocycles. The van der Waals surface area contributed by atoms with Gasteiger partial charge in [-0.15, -0.1) is 0 Å². The number of H-pyrrole nitrogens is 1. The zero-order valence-corrected chi connectivity index (χ0v) is 11.2. The highest BCUT2D eigenvalue weighted by Gasteiger charge is 2.07. The number of halogens is 2. The van der Waals surface area contributed by atoms with E-state index in [0.717, 1.165) is 0 Å². The van der Waals surface area contributed by atoms with Crippen molar-refractivity contribution in [1.29, 1.82) is 0 Å². The molecular weight excluding hydrogens is 311 g/mol. The first kappa shape index (κ1) is 12.0. The molecule has 2 aromatic carbocycles. The summed E-state index contributed by atoms with van der Waals surface area (Å²) in [6.45, 7) is 0. The van der Waals surface area contributed by atoms with Gasteiger partial charge in [0.05, 0.1) is 15.4 Å². The number of aromatic nitrogens is 2. The van der Waals surface area contributed by atoms with Crippen molar-refractivity contribution < 1.29 is 4.39 Å². The Morgan fingerprint density at radius 3 is 2.74 bits per heavy atom. The molecule has 1 aromatic heterocycles. The quantitative estimate of drug-likeness (QED) is 0.746. The van der Waals surface area contributed by atoms with Gasteiger partial charge in [0.1, 0.15) is 11.6 Å². The molecule has 0 aliphatic heterocycles. The van der Waals surface area contributed by atoms with Crippen LogP contribution in [-0.2, 0) is 0 Å². The van der Waals surface area contributed by atoms with Gasteiger partial charge in [-0.3, -0.25) is 4.79 Å². The van der Waals surface area contributed by atoms with E-state index in [-0.39, 0.29) is 5.56 Å². The number of benzene rings is 2. The van der Waals surface area contributed by atoms with E-state index in [1.165, 1.54) is 6.07 Å². The van der Waals surface area contributed by atoms with Crippen molar-refractivity contribution in [2.45, 2.75) is 0 Å². The molecule has 94 valence electrons. The summed E-state index contributed by atoms with van der Waals surface area (Å²) in [5.74, 6) is -0.0385. The van der Waals surface area contributed by atoms with E-state index in [9.17, 15) is 9.18 Å². The highest BCUT2D eigenvalue weighted by molar-refractivity contribution is 9.10.